The van der Waals surface area contributed by atoms with Gasteiger partial charge in [-0.25, -0.2) is 9.37 Å². The van der Waals surface area contributed by atoms with E-state index in [0.29, 0.717) is 13.0 Å². The first-order valence-electron chi connectivity index (χ1n) is 7.23. The number of thiazole rings is 1. The van der Waals surface area contributed by atoms with Gasteiger partial charge in [-0.05, 0) is 25.5 Å². The summed E-state index contributed by atoms with van der Waals surface area (Å²) in [5, 5.41) is 1.00. The van der Waals surface area contributed by atoms with E-state index in [4.69, 9.17) is 10.5 Å². The fraction of sp³-hybridized carbons (Fsp3) is 0.438. The first-order chi connectivity index (χ1) is 10.1. The van der Waals surface area contributed by atoms with Crippen LogP contribution in [-0.2, 0) is 12.8 Å². The molecule has 1 aromatic carbocycles. The van der Waals surface area contributed by atoms with Crippen LogP contribution in [0.25, 0.3) is 0 Å². The Kier molecular flexibility index (Phi) is 5.70. The lowest BCUT2D eigenvalue weighted by Crippen LogP contribution is -2.05. The zero-order valence-corrected chi connectivity index (χ0v) is 13.3. The summed E-state index contributed by atoms with van der Waals surface area (Å²) < 4.78 is 18.9. The maximum absolute atomic E-state index is 13.4. The molecule has 2 aromatic rings. The van der Waals surface area contributed by atoms with Gasteiger partial charge in [0.25, 0.3) is 0 Å². The predicted molar refractivity (Wildman–Crippen MR) is 84.3 cm³/mol. The highest BCUT2D eigenvalue weighted by molar-refractivity contribution is 7.11. The number of nitrogens with zero attached hydrogens (tertiary/aromatic N) is 1. The molecule has 0 radical (unpaired) electrons. The van der Waals surface area contributed by atoms with Gasteiger partial charge in [0.05, 0.1) is 17.3 Å². The normalized spacial score (nSPS) is 12.4. The van der Waals surface area contributed by atoms with Gasteiger partial charge in [0.2, 0.25) is 0 Å². The second-order valence-corrected chi connectivity index (χ2v) is 6.10. The Balaban J connectivity index is 1.97. The standard InChI is InChI=1S/C16H21FN2OS/c1-3-6-13-16(11(2)18)21-15(19-13)9-10-20-14-8-5-4-7-12(14)17/h4-5,7-8,11H,3,6,9-10,18H2,1-2H3. The quantitative estimate of drug-likeness (QED) is 0.844. The smallest absolute Gasteiger partial charge is 0.165 e. The summed E-state index contributed by atoms with van der Waals surface area (Å²) in [5.41, 5.74) is 7.08. The van der Waals surface area contributed by atoms with Gasteiger partial charge in [-0.3, -0.25) is 0 Å². The average molecular weight is 308 g/mol. The highest BCUT2D eigenvalue weighted by Crippen LogP contribution is 2.26. The summed E-state index contributed by atoms with van der Waals surface area (Å²) in [6, 6.07) is 6.44. The Morgan fingerprint density at radius 2 is 2.10 bits per heavy atom. The molecule has 114 valence electrons. The Bertz CT molecular complexity index is 583. The molecule has 0 fully saturated rings. The highest BCUT2D eigenvalue weighted by Gasteiger charge is 2.14. The zero-order valence-electron chi connectivity index (χ0n) is 12.4. The molecule has 2 N–H and O–H groups in total. The average Bonchev–Trinajstić information content (AvgIpc) is 2.85. The maximum Gasteiger partial charge on any atom is 0.165 e. The monoisotopic (exact) mass is 308 g/mol. The van der Waals surface area contributed by atoms with Crippen molar-refractivity contribution in [2.45, 2.75) is 39.2 Å². The Morgan fingerprint density at radius 1 is 1.33 bits per heavy atom. The summed E-state index contributed by atoms with van der Waals surface area (Å²) in [7, 11) is 0. The molecule has 0 amide bonds. The summed E-state index contributed by atoms with van der Waals surface area (Å²) >= 11 is 1.64. The number of para-hydroxylation sites is 1. The molecule has 0 bridgehead atoms. The van der Waals surface area contributed by atoms with E-state index in [0.717, 1.165) is 28.4 Å². The third-order valence-corrected chi connectivity index (χ3v) is 4.44. The first kappa shape index (κ1) is 15.9. The van der Waals surface area contributed by atoms with Crippen molar-refractivity contribution in [3.8, 4) is 5.75 Å². The van der Waals surface area contributed by atoms with Gasteiger partial charge in [-0.2, -0.15) is 0 Å². The van der Waals surface area contributed by atoms with Gasteiger partial charge in [-0.15, -0.1) is 11.3 Å². The van der Waals surface area contributed by atoms with Crippen LogP contribution in [-0.4, -0.2) is 11.6 Å². The van der Waals surface area contributed by atoms with Crippen LogP contribution < -0.4 is 10.5 Å². The van der Waals surface area contributed by atoms with Crippen LogP contribution in [0.4, 0.5) is 4.39 Å². The van der Waals surface area contributed by atoms with E-state index < -0.39 is 0 Å². The van der Waals surface area contributed by atoms with E-state index in [2.05, 4.69) is 11.9 Å². The van der Waals surface area contributed by atoms with Gasteiger partial charge in [0.15, 0.2) is 11.6 Å². The van der Waals surface area contributed by atoms with Crippen molar-refractivity contribution in [3.05, 3.63) is 45.7 Å². The van der Waals surface area contributed by atoms with Crippen LogP contribution in [0.15, 0.2) is 24.3 Å². The van der Waals surface area contributed by atoms with Gasteiger partial charge in [0, 0.05) is 17.3 Å². The molecular formula is C16H21FN2OS. The second kappa shape index (κ2) is 7.52. The van der Waals surface area contributed by atoms with Gasteiger partial charge in [0.1, 0.15) is 0 Å². The highest BCUT2D eigenvalue weighted by atomic mass is 32.1. The number of aryl methyl sites for hydroxylation is 1. The van der Waals surface area contributed by atoms with Crippen molar-refractivity contribution in [2.24, 2.45) is 5.73 Å². The van der Waals surface area contributed by atoms with Crippen molar-refractivity contribution in [1.29, 1.82) is 0 Å². The third-order valence-electron chi connectivity index (χ3n) is 3.08. The molecule has 1 atom stereocenters. The number of aromatic nitrogens is 1. The third kappa shape index (κ3) is 4.25. The van der Waals surface area contributed by atoms with Gasteiger partial charge < -0.3 is 10.5 Å². The van der Waals surface area contributed by atoms with E-state index in [1.54, 1.807) is 29.5 Å². The number of ether oxygens (including phenoxy) is 1. The topological polar surface area (TPSA) is 48.1 Å². The van der Waals surface area contributed by atoms with E-state index in [1.165, 1.54) is 6.07 Å². The van der Waals surface area contributed by atoms with Gasteiger partial charge >= 0.3 is 0 Å². The molecule has 0 aliphatic rings. The molecule has 5 heteroatoms. The van der Waals surface area contributed by atoms with Crippen LogP contribution in [0.1, 0.15) is 41.9 Å². The number of halogens is 1. The Morgan fingerprint density at radius 3 is 2.76 bits per heavy atom. The summed E-state index contributed by atoms with van der Waals surface area (Å²) in [6.45, 7) is 4.52. The van der Waals surface area contributed by atoms with Crippen molar-refractivity contribution >= 4 is 11.3 Å². The number of benzene rings is 1. The molecule has 1 unspecified atom stereocenters. The number of hydrogen-bond acceptors (Lipinski definition) is 4. The lowest BCUT2D eigenvalue weighted by atomic mass is 10.2. The predicted octanol–water partition coefficient (Wildman–Crippen LogP) is 3.88. The van der Waals surface area contributed by atoms with Crippen LogP contribution in [0, 0.1) is 5.82 Å². The fourth-order valence-electron chi connectivity index (χ4n) is 2.10. The van der Waals surface area contributed by atoms with E-state index in [9.17, 15) is 4.39 Å². The van der Waals surface area contributed by atoms with Crippen LogP contribution in [0.5, 0.6) is 5.75 Å². The molecule has 0 saturated carbocycles. The number of rotatable bonds is 7. The summed E-state index contributed by atoms with van der Waals surface area (Å²) in [6.07, 6.45) is 2.67. The lowest BCUT2D eigenvalue weighted by Gasteiger charge is -2.05. The minimum Gasteiger partial charge on any atom is -0.490 e. The number of nitrogens with two attached hydrogens (primary N) is 1. The Labute approximate surface area is 129 Å². The van der Waals surface area contributed by atoms with Crippen molar-refractivity contribution in [3.63, 3.8) is 0 Å². The van der Waals surface area contributed by atoms with E-state index in [-0.39, 0.29) is 17.6 Å². The molecule has 2 rings (SSSR count). The van der Waals surface area contributed by atoms with Crippen LogP contribution >= 0.6 is 11.3 Å². The van der Waals surface area contributed by atoms with Crippen LogP contribution in [0.2, 0.25) is 0 Å². The minimum absolute atomic E-state index is 0.00489. The molecule has 0 aliphatic heterocycles. The lowest BCUT2D eigenvalue weighted by molar-refractivity contribution is 0.305. The summed E-state index contributed by atoms with van der Waals surface area (Å²) in [5.74, 6) is -0.0464. The van der Waals surface area contributed by atoms with Crippen molar-refractivity contribution in [2.75, 3.05) is 6.61 Å². The molecule has 0 aliphatic carbocycles. The Hall–Kier alpha value is -1.46. The van der Waals surface area contributed by atoms with Crippen molar-refractivity contribution in [1.82, 2.24) is 4.98 Å². The SMILES string of the molecule is CCCc1nc(CCOc2ccccc2F)sc1C(C)N. The molecule has 3 nitrogen and oxygen atoms in total. The number of hydrogen-bond donors (Lipinski definition) is 1. The zero-order chi connectivity index (χ0) is 15.2. The van der Waals surface area contributed by atoms with Crippen LogP contribution in [0.3, 0.4) is 0 Å². The summed E-state index contributed by atoms with van der Waals surface area (Å²) in [4.78, 5) is 5.79. The van der Waals surface area contributed by atoms with Gasteiger partial charge in [-0.1, -0.05) is 25.5 Å². The molecule has 0 saturated heterocycles. The molecule has 0 spiro atoms. The molecule has 1 aromatic heterocycles. The molecule has 1 heterocycles. The fourth-order valence-corrected chi connectivity index (χ4v) is 3.15. The van der Waals surface area contributed by atoms with E-state index >= 15 is 0 Å². The van der Waals surface area contributed by atoms with E-state index in [1.807, 2.05) is 6.92 Å². The van der Waals surface area contributed by atoms with Crippen molar-refractivity contribution < 1.29 is 9.13 Å². The largest absolute Gasteiger partial charge is 0.490 e. The molecule has 21 heavy (non-hydrogen) atoms. The maximum atomic E-state index is 13.4. The molecular weight excluding hydrogens is 287 g/mol. The minimum atomic E-state index is -0.334. The first-order valence-corrected chi connectivity index (χ1v) is 8.04. The second-order valence-electron chi connectivity index (χ2n) is 4.99.